The van der Waals surface area contributed by atoms with Gasteiger partial charge in [0.05, 0.1) is 13.2 Å². The molecule has 1 aliphatic heterocycles. The van der Waals surface area contributed by atoms with Crippen molar-refractivity contribution in [2.24, 2.45) is 5.41 Å². The van der Waals surface area contributed by atoms with Crippen molar-refractivity contribution in [3.8, 4) is 0 Å². The van der Waals surface area contributed by atoms with Gasteiger partial charge in [-0.05, 0) is 12.8 Å². The molecule has 1 saturated heterocycles. The molecule has 1 heterocycles. The molecule has 0 aromatic carbocycles. The molecule has 1 aliphatic carbocycles. The number of methoxy groups -OCH3 is 1. The Balaban J connectivity index is 1.91. The third-order valence-corrected chi connectivity index (χ3v) is 2.93. The topological polar surface area (TPSA) is 50.4 Å². The van der Waals surface area contributed by atoms with Crippen LogP contribution in [-0.4, -0.2) is 32.3 Å². The highest BCUT2D eigenvalue weighted by atomic mass is 16.5. The summed E-state index contributed by atoms with van der Waals surface area (Å²) in [6, 6.07) is 0.282. The second-order valence-electron chi connectivity index (χ2n) is 3.68. The van der Waals surface area contributed by atoms with Gasteiger partial charge in [0.15, 0.2) is 0 Å². The first-order chi connectivity index (χ1) is 5.77. The Morgan fingerprint density at radius 3 is 3.00 bits per heavy atom. The Morgan fingerprint density at radius 1 is 1.67 bits per heavy atom. The molecule has 12 heavy (non-hydrogen) atoms. The average Bonchev–Trinajstić information content (AvgIpc) is 2.73. The van der Waals surface area contributed by atoms with Crippen molar-refractivity contribution in [2.75, 3.05) is 20.2 Å². The number of carbonyl (C=O) groups excluding carboxylic acids is 1. The van der Waals surface area contributed by atoms with Crippen LogP contribution in [0.15, 0.2) is 0 Å². The van der Waals surface area contributed by atoms with Crippen molar-refractivity contribution in [1.29, 1.82) is 0 Å². The Morgan fingerprint density at radius 2 is 2.42 bits per heavy atom. The molecule has 1 spiro atoms. The van der Waals surface area contributed by atoms with E-state index in [1.807, 2.05) is 0 Å². The lowest BCUT2D eigenvalue weighted by molar-refractivity contribution is 0.163. The molecular weight excluding hydrogens is 156 g/mol. The highest BCUT2D eigenvalue weighted by Gasteiger charge is 2.52. The number of alkyl carbamates (subject to hydrolysis) is 1. The molecule has 68 valence electrons. The quantitative estimate of drug-likeness (QED) is 0.586. The van der Waals surface area contributed by atoms with Gasteiger partial charge < -0.3 is 15.4 Å². The van der Waals surface area contributed by atoms with Crippen LogP contribution in [0.4, 0.5) is 4.79 Å². The zero-order chi connectivity index (χ0) is 8.60. The second kappa shape index (κ2) is 2.62. The fraction of sp³-hybridized carbons (Fsp3) is 0.875. The summed E-state index contributed by atoms with van der Waals surface area (Å²) in [5.74, 6) is 0. The van der Waals surface area contributed by atoms with Crippen LogP contribution in [0.1, 0.15) is 12.8 Å². The van der Waals surface area contributed by atoms with E-state index < -0.39 is 0 Å². The fourth-order valence-electron chi connectivity index (χ4n) is 1.90. The zero-order valence-electron chi connectivity index (χ0n) is 7.22. The van der Waals surface area contributed by atoms with Crippen molar-refractivity contribution in [3.05, 3.63) is 0 Å². The molecular formula is C8H14N2O2. The number of hydrogen-bond acceptors (Lipinski definition) is 3. The molecule has 1 saturated carbocycles. The van der Waals surface area contributed by atoms with Gasteiger partial charge in [-0.2, -0.15) is 0 Å². The third kappa shape index (κ3) is 1.16. The summed E-state index contributed by atoms with van der Waals surface area (Å²) >= 11 is 0. The van der Waals surface area contributed by atoms with Crippen molar-refractivity contribution < 1.29 is 9.53 Å². The van der Waals surface area contributed by atoms with Crippen LogP contribution in [0.25, 0.3) is 0 Å². The second-order valence-corrected chi connectivity index (χ2v) is 3.68. The summed E-state index contributed by atoms with van der Waals surface area (Å²) < 4.78 is 4.56. The lowest BCUT2D eigenvalue weighted by atomic mass is 10.0. The molecule has 1 atom stereocenters. The molecule has 2 fully saturated rings. The summed E-state index contributed by atoms with van der Waals surface area (Å²) in [5, 5.41) is 6.14. The third-order valence-electron chi connectivity index (χ3n) is 2.93. The minimum Gasteiger partial charge on any atom is -0.453 e. The van der Waals surface area contributed by atoms with E-state index in [0.29, 0.717) is 5.41 Å². The van der Waals surface area contributed by atoms with Gasteiger partial charge >= 0.3 is 6.09 Å². The van der Waals surface area contributed by atoms with Gasteiger partial charge in [0.1, 0.15) is 0 Å². The van der Waals surface area contributed by atoms with Gasteiger partial charge in [-0.15, -0.1) is 0 Å². The van der Waals surface area contributed by atoms with E-state index in [1.54, 1.807) is 0 Å². The van der Waals surface area contributed by atoms with E-state index in [1.165, 1.54) is 20.0 Å². The van der Waals surface area contributed by atoms with Crippen molar-refractivity contribution in [1.82, 2.24) is 10.6 Å². The first kappa shape index (κ1) is 7.86. The minimum atomic E-state index is -0.310. The lowest BCUT2D eigenvalue weighted by Crippen LogP contribution is -2.41. The van der Waals surface area contributed by atoms with E-state index in [0.717, 1.165) is 13.1 Å². The predicted octanol–water partition coefficient (Wildman–Crippen LogP) is 0.0944. The Labute approximate surface area is 71.7 Å². The monoisotopic (exact) mass is 170 g/mol. The Bertz CT molecular complexity index is 201. The highest BCUT2D eigenvalue weighted by Crippen LogP contribution is 2.50. The number of rotatable bonds is 1. The van der Waals surface area contributed by atoms with Crippen LogP contribution < -0.4 is 10.6 Å². The van der Waals surface area contributed by atoms with E-state index >= 15 is 0 Å². The summed E-state index contributed by atoms with van der Waals surface area (Å²) in [6.45, 7) is 1.93. The largest absolute Gasteiger partial charge is 0.453 e. The Kier molecular flexibility index (Phi) is 1.72. The SMILES string of the molecule is COC(=O)NC1CNCC12CC2. The predicted molar refractivity (Wildman–Crippen MR) is 43.9 cm³/mol. The summed E-state index contributed by atoms with van der Waals surface area (Å²) in [7, 11) is 1.40. The van der Waals surface area contributed by atoms with E-state index in [2.05, 4.69) is 15.4 Å². The summed E-state index contributed by atoms with van der Waals surface area (Å²) in [4.78, 5) is 10.9. The normalized spacial score (nSPS) is 30.2. The van der Waals surface area contributed by atoms with Gasteiger partial charge in [0.25, 0.3) is 0 Å². The molecule has 4 nitrogen and oxygen atoms in total. The maximum atomic E-state index is 10.9. The molecule has 1 amide bonds. The zero-order valence-corrected chi connectivity index (χ0v) is 7.22. The lowest BCUT2D eigenvalue weighted by Gasteiger charge is -2.17. The van der Waals surface area contributed by atoms with Crippen molar-refractivity contribution in [3.63, 3.8) is 0 Å². The maximum Gasteiger partial charge on any atom is 0.407 e. The van der Waals surface area contributed by atoms with Crippen LogP contribution in [0, 0.1) is 5.41 Å². The van der Waals surface area contributed by atoms with Gasteiger partial charge in [-0.1, -0.05) is 0 Å². The first-order valence-corrected chi connectivity index (χ1v) is 4.32. The molecule has 2 aliphatic rings. The first-order valence-electron chi connectivity index (χ1n) is 4.32. The molecule has 2 rings (SSSR count). The molecule has 1 unspecified atom stereocenters. The standard InChI is InChI=1S/C8H14N2O2/c1-12-7(11)10-6-4-9-5-8(6)2-3-8/h6,9H,2-5H2,1H3,(H,10,11). The van der Waals surface area contributed by atoms with Gasteiger partial charge in [-0.3, -0.25) is 0 Å². The maximum absolute atomic E-state index is 10.9. The number of amides is 1. The number of ether oxygens (including phenoxy) is 1. The molecule has 4 heteroatoms. The van der Waals surface area contributed by atoms with Crippen LogP contribution in [0.2, 0.25) is 0 Å². The smallest absolute Gasteiger partial charge is 0.407 e. The van der Waals surface area contributed by atoms with Crippen molar-refractivity contribution >= 4 is 6.09 Å². The molecule has 0 aromatic heterocycles. The Hall–Kier alpha value is -0.770. The number of carbonyl (C=O) groups is 1. The van der Waals surface area contributed by atoms with Gasteiger partial charge in [0, 0.05) is 18.5 Å². The van der Waals surface area contributed by atoms with Gasteiger partial charge in [-0.25, -0.2) is 4.79 Å². The number of hydrogen-bond donors (Lipinski definition) is 2. The van der Waals surface area contributed by atoms with E-state index in [9.17, 15) is 4.79 Å². The van der Waals surface area contributed by atoms with Crippen LogP contribution in [-0.2, 0) is 4.74 Å². The fourth-order valence-corrected chi connectivity index (χ4v) is 1.90. The highest BCUT2D eigenvalue weighted by molar-refractivity contribution is 5.67. The van der Waals surface area contributed by atoms with E-state index in [4.69, 9.17) is 0 Å². The summed E-state index contributed by atoms with van der Waals surface area (Å²) in [6.07, 6.45) is 2.15. The average molecular weight is 170 g/mol. The molecule has 0 aromatic rings. The number of nitrogens with one attached hydrogen (secondary N) is 2. The molecule has 0 radical (unpaired) electrons. The minimum absolute atomic E-state index is 0.282. The molecule has 2 N–H and O–H groups in total. The summed E-state index contributed by atoms with van der Waals surface area (Å²) in [5.41, 5.74) is 0.369. The van der Waals surface area contributed by atoms with E-state index in [-0.39, 0.29) is 12.1 Å². The molecule has 0 bridgehead atoms. The van der Waals surface area contributed by atoms with Crippen molar-refractivity contribution in [2.45, 2.75) is 18.9 Å². The van der Waals surface area contributed by atoms with Gasteiger partial charge in [0.2, 0.25) is 0 Å². The van der Waals surface area contributed by atoms with Crippen LogP contribution >= 0.6 is 0 Å². The van der Waals surface area contributed by atoms with Crippen LogP contribution in [0.3, 0.4) is 0 Å². The van der Waals surface area contributed by atoms with Crippen LogP contribution in [0.5, 0.6) is 0 Å².